The number of ether oxygens (including phenoxy) is 1. The average molecular weight is 320 g/mol. The highest BCUT2D eigenvalue weighted by Gasteiger charge is 2.30. The molecule has 23 heavy (non-hydrogen) atoms. The highest BCUT2D eigenvalue weighted by Crippen LogP contribution is 2.21. The fraction of sp³-hybridized carbons (Fsp3) is 0.706. The topological polar surface area (TPSA) is 58.6 Å². The van der Waals surface area contributed by atoms with Crippen molar-refractivity contribution in [1.29, 1.82) is 0 Å². The number of amides is 1. The van der Waals surface area contributed by atoms with Gasteiger partial charge in [0.1, 0.15) is 5.60 Å². The summed E-state index contributed by atoms with van der Waals surface area (Å²) in [5.74, 6) is 1.16. The maximum atomic E-state index is 12.1. The smallest absolute Gasteiger partial charge is 0.410 e. The Bertz CT molecular complexity index is 548. The van der Waals surface area contributed by atoms with E-state index in [0.29, 0.717) is 5.92 Å². The van der Waals surface area contributed by atoms with Gasteiger partial charge in [-0.2, -0.15) is 0 Å². The van der Waals surface area contributed by atoms with E-state index in [4.69, 9.17) is 4.74 Å². The van der Waals surface area contributed by atoms with Crippen LogP contribution in [0.15, 0.2) is 6.07 Å². The molecule has 1 aromatic rings. The SMILES string of the molecule is Cc1cc(C)nc(N(C)CC2CCN(C(=O)OC(C)(C)C)C2)n1. The van der Waals surface area contributed by atoms with E-state index in [1.807, 2.05) is 47.7 Å². The fourth-order valence-electron chi connectivity index (χ4n) is 2.82. The Morgan fingerprint density at radius 3 is 2.52 bits per heavy atom. The summed E-state index contributed by atoms with van der Waals surface area (Å²) >= 11 is 0. The van der Waals surface area contributed by atoms with Crippen molar-refractivity contribution in [3.8, 4) is 0 Å². The molecule has 0 radical (unpaired) electrons. The standard InChI is InChI=1S/C17H28N4O2/c1-12-9-13(2)19-15(18-12)20(6)10-14-7-8-21(11-14)16(22)23-17(3,4)5/h9,14H,7-8,10-11H2,1-6H3. The molecule has 128 valence electrons. The van der Waals surface area contributed by atoms with Crippen LogP contribution in [0.3, 0.4) is 0 Å². The fourth-order valence-corrected chi connectivity index (χ4v) is 2.82. The number of aryl methyl sites for hydroxylation is 2. The summed E-state index contributed by atoms with van der Waals surface area (Å²) in [7, 11) is 2.00. The van der Waals surface area contributed by atoms with Gasteiger partial charge in [0.25, 0.3) is 0 Å². The number of rotatable bonds is 3. The predicted octanol–water partition coefficient (Wildman–Crippen LogP) is 2.79. The van der Waals surface area contributed by atoms with Crippen LogP contribution in [-0.4, -0.2) is 53.2 Å². The molecular formula is C17H28N4O2. The van der Waals surface area contributed by atoms with Crippen LogP contribution in [0.5, 0.6) is 0 Å². The van der Waals surface area contributed by atoms with Crippen LogP contribution in [0.25, 0.3) is 0 Å². The van der Waals surface area contributed by atoms with Gasteiger partial charge in [-0.1, -0.05) is 0 Å². The molecule has 6 heteroatoms. The van der Waals surface area contributed by atoms with E-state index in [2.05, 4.69) is 14.9 Å². The van der Waals surface area contributed by atoms with Crippen molar-refractivity contribution >= 4 is 12.0 Å². The first-order chi connectivity index (χ1) is 10.6. The quantitative estimate of drug-likeness (QED) is 0.857. The summed E-state index contributed by atoms with van der Waals surface area (Å²) in [6, 6.07) is 1.97. The largest absolute Gasteiger partial charge is 0.444 e. The predicted molar refractivity (Wildman–Crippen MR) is 90.7 cm³/mol. The number of likely N-dealkylation sites (tertiary alicyclic amines) is 1. The average Bonchev–Trinajstić information content (AvgIpc) is 2.84. The third kappa shape index (κ3) is 5.08. The number of aromatic nitrogens is 2. The third-order valence-corrected chi connectivity index (χ3v) is 3.78. The van der Waals surface area contributed by atoms with Crippen LogP contribution in [0, 0.1) is 19.8 Å². The van der Waals surface area contributed by atoms with Crippen molar-refractivity contribution in [2.45, 2.75) is 46.6 Å². The van der Waals surface area contributed by atoms with Crippen LogP contribution < -0.4 is 4.90 Å². The van der Waals surface area contributed by atoms with Gasteiger partial charge < -0.3 is 14.5 Å². The number of anilines is 1. The van der Waals surface area contributed by atoms with Crippen LogP contribution in [0.1, 0.15) is 38.6 Å². The van der Waals surface area contributed by atoms with Crippen molar-refractivity contribution in [2.24, 2.45) is 5.92 Å². The molecule has 0 aliphatic carbocycles. The second-order valence-corrected chi connectivity index (χ2v) is 7.41. The van der Waals surface area contributed by atoms with Crippen LogP contribution in [0.4, 0.5) is 10.7 Å². The minimum absolute atomic E-state index is 0.217. The lowest BCUT2D eigenvalue weighted by molar-refractivity contribution is 0.0288. The van der Waals surface area contributed by atoms with Crippen molar-refractivity contribution in [2.75, 3.05) is 31.6 Å². The number of hydrogen-bond donors (Lipinski definition) is 0. The Morgan fingerprint density at radius 2 is 1.96 bits per heavy atom. The summed E-state index contributed by atoms with van der Waals surface area (Å²) in [4.78, 5) is 25.0. The summed E-state index contributed by atoms with van der Waals surface area (Å²) in [5, 5.41) is 0. The van der Waals surface area contributed by atoms with Crippen LogP contribution in [-0.2, 0) is 4.74 Å². The van der Waals surface area contributed by atoms with Crippen molar-refractivity contribution in [3.05, 3.63) is 17.5 Å². The van der Waals surface area contributed by atoms with E-state index in [0.717, 1.165) is 43.4 Å². The van der Waals surface area contributed by atoms with Gasteiger partial charge in [-0.05, 0) is 53.0 Å². The van der Waals surface area contributed by atoms with E-state index in [-0.39, 0.29) is 6.09 Å². The summed E-state index contributed by atoms with van der Waals surface area (Å²) in [6.45, 7) is 11.9. The molecule has 0 N–H and O–H groups in total. The molecule has 0 aromatic carbocycles. The van der Waals surface area contributed by atoms with Gasteiger partial charge in [0.2, 0.25) is 5.95 Å². The van der Waals surface area contributed by atoms with E-state index >= 15 is 0 Å². The summed E-state index contributed by atoms with van der Waals surface area (Å²) in [6.07, 6.45) is 0.763. The number of hydrogen-bond acceptors (Lipinski definition) is 5. The first kappa shape index (κ1) is 17.5. The molecule has 2 heterocycles. The number of carbonyl (C=O) groups is 1. The Kier molecular flexibility index (Phi) is 5.12. The molecule has 1 amide bonds. The molecule has 0 spiro atoms. The highest BCUT2D eigenvalue weighted by atomic mass is 16.6. The van der Waals surface area contributed by atoms with Crippen molar-refractivity contribution in [1.82, 2.24) is 14.9 Å². The summed E-state index contributed by atoms with van der Waals surface area (Å²) < 4.78 is 5.44. The minimum atomic E-state index is -0.446. The Hall–Kier alpha value is -1.85. The van der Waals surface area contributed by atoms with Crippen molar-refractivity contribution < 1.29 is 9.53 Å². The molecule has 6 nitrogen and oxygen atoms in total. The molecule has 1 aromatic heterocycles. The normalized spacial score (nSPS) is 18.2. The molecule has 1 unspecified atom stereocenters. The first-order valence-electron chi connectivity index (χ1n) is 8.15. The first-order valence-corrected chi connectivity index (χ1v) is 8.15. The van der Waals surface area contributed by atoms with Crippen LogP contribution >= 0.6 is 0 Å². The van der Waals surface area contributed by atoms with Crippen LogP contribution in [0.2, 0.25) is 0 Å². The zero-order valence-electron chi connectivity index (χ0n) is 15.1. The zero-order valence-corrected chi connectivity index (χ0v) is 15.1. The lowest BCUT2D eigenvalue weighted by Crippen LogP contribution is -2.36. The van der Waals surface area contributed by atoms with E-state index in [1.165, 1.54) is 0 Å². The maximum absolute atomic E-state index is 12.1. The highest BCUT2D eigenvalue weighted by molar-refractivity contribution is 5.68. The van der Waals surface area contributed by atoms with E-state index in [1.54, 1.807) is 4.90 Å². The molecule has 0 bridgehead atoms. The molecule has 1 atom stereocenters. The number of nitrogens with zero attached hydrogens (tertiary/aromatic N) is 4. The molecule has 1 saturated heterocycles. The lowest BCUT2D eigenvalue weighted by atomic mass is 10.1. The monoisotopic (exact) mass is 320 g/mol. The van der Waals surface area contributed by atoms with Gasteiger partial charge >= 0.3 is 6.09 Å². The van der Waals surface area contributed by atoms with Gasteiger partial charge in [-0.15, -0.1) is 0 Å². The molecule has 1 aliphatic rings. The van der Waals surface area contributed by atoms with Gasteiger partial charge in [-0.25, -0.2) is 14.8 Å². The second-order valence-electron chi connectivity index (χ2n) is 7.41. The molecule has 0 saturated carbocycles. The van der Waals surface area contributed by atoms with E-state index in [9.17, 15) is 4.79 Å². The zero-order chi connectivity index (χ0) is 17.2. The Morgan fingerprint density at radius 1 is 1.35 bits per heavy atom. The van der Waals surface area contributed by atoms with Gasteiger partial charge in [0.15, 0.2) is 0 Å². The van der Waals surface area contributed by atoms with Gasteiger partial charge in [0.05, 0.1) is 0 Å². The van der Waals surface area contributed by atoms with Crippen molar-refractivity contribution in [3.63, 3.8) is 0 Å². The molecule has 1 aliphatic heterocycles. The molecule has 1 fully saturated rings. The van der Waals surface area contributed by atoms with Gasteiger partial charge in [-0.3, -0.25) is 0 Å². The Labute approximate surface area is 138 Å². The minimum Gasteiger partial charge on any atom is -0.444 e. The summed E-state index contributed by atoms with van der Waals surface area (Å²) in [5.41, 5.74) is 1.50. The maximum Gasteiger partial charge on any atom is 0.410 e. The third-order valence-electron chi connectivity index (χ3n) is 3.78. The molecule has 2 rings (SSSR count). The molecular weight excluding hydrogens is 292 g/mol. The lowest BCUT2D eigenvalue weighted by Gasteiger charge is -2.25. The van der Waals surface area contributed by atoms with Gasteiger partial charge in [0, 0.05) is 38.1 Å². The second kappa shape index (κ2) is 6.72. The Balaban J connectivity index is 1.91. The van der Waals surface area contributed by atoms with E-state index < -0.39 is 5.60 Å². The number of carbonyl (C=O) groups excluding carboxylic acids is 1.